The molecule has 1 amide bonds. The molecule has 25 heavy (non-hydrogen) atoms. The molecule has 0 fully saturated rings. The Labute approximate surface area is 145 Å². The zero-order chi connectivity index (χ0) is 18.4. The largest absolute Gasteiger partial charge is 0.384 e. The fraction of sp³-hybridized carbons (Fsp3) is 0.278. The molecule has 1 atom stereocenters. The van der Waals surface area contributed by atoms with Gasteiger partial charge in [-0.15, -0.1) is 0 Å². The summed E-state index contributed by atoms with van der Waals surface area (Å²) in [5.74, 6) is -0.391. The van der Waals surface area contributed by atoms with E-state index in [9.17, 15) is 9.59 Å². The minimum atomic E-state index is -0.967. The molecule has 0 saturated heterocycles. The van der Waals surface area contributed by atoms with Crippen molar-refractivity contribution < 1.29 is 9.53 Å². The Hall–Kier alpha value is -2.93. The van der Waals surface area contributed by atoms with Gasteiger partial charge in [-0.3, -0.25) is 15.0 Å². The van der Waals surface area contributed by atoms with Crippen LogP contribution in [0.25, 0.3) is 0 Å². The molecule has 0 aliphatic carbocycles. The maximum atomic E-state index is 12.5. The molecule has 0 bridgehead atoms. The van der Waals surface area contributed by atoms with Crippen molar-refractivity contribution in [2.75, 3.05) is 6.61 Å². The van der Waals surface area contributed by atoms with Gasteiger partial charge in [-0.1, -0.05) is 24.3 Å². The van der Waals surface area contributed by atoms with Crippen LogP contribution in [0.5, 0.6) is 0 Å². The Morgan fingerprint density at radius 1 is 1.28 bits per heavy atom. The summed E-state index contributed by atoms with van der Waals surface area (Å²) >= 11 is 0. The molecule has 2 rings (SSSR count). The molecule has 0 aliphatic heterocycles. The number of ether oxygens (including phenoxy) is 1. The number of H-pyrrole nitrogens is 1. The highest BCUT2D eigenvalue weighted by Crippen LogP contribution is 2.14. The third-order valence-corrected chi connectivity index (χ3v) is 3.67. The predicted octanol–water partition coefficient (Wildman–Crippen LogP) is 1.36. The van der Waals surface area contributed by atoms with Crippen molar-refractivity contribution >= 4 is 11.7 Å². The van der Waals surface area contributed by atoms with E-state index >= 15 is 0 Å². The quantitative estimate of drug-likeness (QED) is 0.448. The number of benzene rings is 1. The summed E-state index contributed by atoms with van der Waals surface area (Å²) < 4.78 is 5.47. The van der Waals surface area contributed by atoms with Crippen molar-refractivity contribution in [3.05, 3.63) is 69.1 Å². The van der Waals surface area contributed by atoms with E-state index in [4.69, 9.17) is 15.9 Å². The van der Waals surface area contributed by atoms with Gasteiger partial charge in [0.25, 0.3) is 11.5 Å². The number of nitrogens with two attached hydrogens (primary N) is 1. The number of amides is 1. The summed E-state index contributed by atoms with van der Waals surface area (Å²) in [4.78, 5) is 27.2. The fourth-order valence-corrected chi connectivity index (χ4v) is 2.35. The van der Waals surface area contributed by atoms with Gasteiger partial charge in [0.05, 0.1) is 5.56 Å². The first-order chi connectivity index (χ1) is 11.9. The summed E-state index contributed by atoms with van der Waals surface area (Å²) in [7, 11) is 0. The van der Waals surface area contributed by atoms with E-state index in [0.717, 1.165) is 11.3 Å². The predicted molar refractivity (Wildman–Crippen MR) is 95.5 cm³/mol. The van der Waals surface area contributed by atoms with Gasteiger partial charge in [0.1, 0.15) is 5.84 Å². The van der Waals surface area contributed by atoms with Crippen molar-refractivity contribution in [3.8, 4) is 0 Å². The van der Waals surface area contributed by atoms with Gasteiger partial charge in [0, 0.05) is 24.4 Å². The Balaban J connectivity index is 2.10. The molecule has 1 heterocycles. The Kier molecular flexibility index (Phi) is 6.08. The average Bonchev–Trinajstić information content (AvgIpc) is 2.58. The van der Waals surface area contributed by atoms with Crippen LogP contribution in [0.1, 0.15) is 35.4 Å². The van der Waals surface area contributed by atoms with Gasteiger partial charge in [0.2, 0.25) is 0 Å². The van der Waals surface area contributed by atoms with Gasteiger partial charge < -0.3 is 20.8 Å². The Bertz CT molecular complexity index is 812. The fourth-order valence-electron chi connectivity index (χ4n) is 2.35. The first-order valence-corrected chi connectivity index (χ1v) is 7.94. The first kappa shape index (κ1) is 18.4. The van der Waals surface area contributed by atoms with Crippen LogP contribution >= 0.6 is 0 Å². The van der Waals surface area contributed by atoms with Crippen molar-refractivity contribution in [3.63, 3.8) is 0 Å². The number of nitrogens with one attached hydrogen (secondary N) is 3. The number of hydrogen-bond donors (Lipinski definition) is 4. The van der Waals surface area contributed by atoms with Crippen molar-refractivity contribution in [1.29, 1.82) is 5.41 Å². The highest BCUT2D eigenvalue weighted by Gasteiger charge is 2.23. The third kappa shape index (κ3) is 4.77. The number of nitrogen functional groups attached to an aromatic ring is 1. The van der Waals surface area contributed by atoms with Crippen LogP contribution in [-0.4, -0.2) is 23.3 Å². The molecule has 5 N–H and O–H groups in total. The van der Waals surface area contributed by atoms with Gasteiger partial charge in [0.15, 0.2) is 6.10 Å². The molecule has 7 nitrogen and oxygen atoms in total. The van der Waals surface area contributed by atoms with Crippen LogP contribution in [0, 0.1) is 12.3 Å². The summed E-state index contributed by atoms with van der Waals surface area (Å²) in [6, 6.07) is 10.3. The highest BCUT2D eigenvalue weighted by atomic mass is 16.5. The number of pyridine rings is 1. The number of amidine groups is 1. The molecule has 1 aromatic carbocycles. The van der Waals surface area contributed by atoms with E-state index < -0.39 is 6.10 Å². The molecule has 1 unspecified atom stereocenters. The third-order valence-electron chi connectivity index (χ3n) is 3.67. The number of hydrogen-bond acceptors (Lipinski definition) is 4. The monoisotopic (exact) mass is 342 g/mol. The van der Waals surface area contributed by atoms with Crippen LogP contribution in [0.3, 0.4) is 0 Å². The standard InChI is InChI=1S/C18H22N4O3/c1-3-25-15(14-9-4-11(2)22-17(14)23)18(24)21-10-12-5-7-13(8-6-12)16(19)20/h4-9,15H,3,10H2,1-2H3,(H3,19,20)(H,21,24)(H,22,23). The maximum Gasteiger partial charge on any atom is 0.254 e. The summed E-state index contributed by atoms with van der Waals surface area (Å²) in [5.41, 5.74) is 7.54. The minimum Gasteiger partial charge on any atom is -0.384 e. The lowest BCUT2D eigenvalue weighted by molar-refractivity contribution is -0.133. The van der Waals surface area contributed by atoms with Crippen molar-refractivity contribution in [1.82, 2.24) is 10.3 Å². The summed E-state index contributed by atoms with van der Waals surface area (Å²) in [6.07, 6.45) is -0.967. The number of aromatic nitrogens is 1. The molecule has 0 radical (unpaired) electrons. The van der Waals surface area contributed by atoms with E-state index in [-0.39, 0.29) is 29.4 Å². The molecule has 7 heteroatoms. The van der Waals surface area contributed by atoms with E-state index in [1.54, 1.807) is 50.2 Å². The van der Waals surface area contributed by atoms with Gasteiger partial charge in [-0.25, -0.2) is 0 Å². The molecule has 0 spiro atoms. The maximum absolute atomic E-state index is 12.5. The van der Waals surface area contributed by atoms with Crippen LogP contribution in [0.2, 0.25) is 0 Å². The molecule has 0 aliphatic rings. The van der Waals surface area contributed by atoms with Crippen LogP contribution in [0.4, 0.5) is 0 Å². The summed E-state index contributed by atoms with van der Waals surface area (Å²) in [6.45, 7) is 4.12. The molecular weight excluding hydrogens is 320 g/mol. The van der Waals surface area contributed by atoms with Gasteiger partial charge in [-0.2, -0.15) is 0 Å². The molecule has 2 aromatic rings. The normalized spacial score (nSPS) is 11.8. The van der Waals surface area contributed by atoms with Crippen molar-refractivity contribution in [2.45, 2.75) is 26.5 Å². The molecular formula is C18H22N4O3. The number of rotatable bonds is 7. The second-order valence-electron chi connectivity index (χ2n) is 5.59. The second kappa shape index (κ2) is 8.25. The van der Waals surface area contributed by atoms with E-state index in [1.807, 2.05) is 0 Å². The lowest BCUT2D eigenvalue weighted by atomic mass is 10.1. The highest BCUT2D eigenvalue weighted by molar-refractivity contribution is 5.94. The van der Waals surface area contributed by atoms with Gasteiger partial charge in [-0.05, 0) is 31.5 Å². The second-order valence-corrected chi connectivity index (χ2v) is 5.59. The molecule has 132 valence electrons. The van der Waals surface area contributed by atoms with Crippen LogP contribution in [-0.2, 0) is 16.1 Å². The van der Waals surface area contributed by atoms with E-state index in [2.05, 4.69) is 10.3 Å². The van der Waals surface area contributed by atoms with Crippen molar-refractivity contribution in [2.24, 2.45) is 5.73 Å². The van der Waals surface area contributed by atoms with Crippen LogP contribution < -0.4 is 16.6 Å². The lowest BCUT2D eigenvalue weighted by Crippen LogP contribution is -2.33. The number of carbonyl (C=O) groups is 1. The smallest absolute Gasteiger partial charge is 0.254 e. The van der Waals surface area contributed by atoms with Crippen LogP contribution in [0.15, 0.2) is 41.2 Å². The van der Waals surface area contributed by atoms with Gasteiger partial charge >= 0.3 is 0 Å². The first-order valence-electron chi connectivity index (χ1n) is 7.94. The molecule has 1 aromatic heterocycles. The average molecular weight is 342 g/mol. The SMILES string of the molecule is CCOC(C(=O)NCc1ccc(C(=N)N)cc1)c1ccc(C)[nH]c1=O. The zero-order valence-corrected chi connectivity index (χ0v) is 14.3. The number of aryl methyl sites for hydroxylation is 1. The number of carbonyl (C=O) groups excluding carboxylic acids is 1. The zero-order valence-electron chi connectivity index (χ0n) is 14.3. The summed E-state index contributed by atoms with van der Waals surface area (Å²) in [5, 5.41) is 10.1. The van der Waals surface area contributed by atoms with E-state index in [0.29, 0.717) is 12.2 Å². The Morgan fingerprint density at radius 2 is 1.96 bits per heavy atom. The number of aromatic amines is 1. The lowest BCUT2D eigenvalue weighted by Gasteiger charge is -2.17. The Morgan fingerprint density at radius 3 is 2.52 bits per heavy atom. The van der Waals surface area contributed by atoms with E-state index in [1.165, 1.54) is 0 Å². The topological polar surface area (TPSA) is 121 Å². The molecule has 0 saturated carbocycles. The minimum absolute atomic E-state index is 0.00871.